The van der Waals surface area contributed by atoms with Gasteiger partial charge in [0.1, 0.15) is 0 Å². The first-order valence-electron chi connectivity index (χ1n) is 7.42. The third-order valence-corrected chi connectivity index (χ3v) is 4.12. The number of nitrogens with one attached hydrogen (secondary N) is 1. The second-order valence-corrected chi connectivity index (χ2v) is 5.94. The van der Waals surface area contributed by atoms with Crippen molar-refractivity contribution in [3.05, 3.63) is 52.3 Å². The van der Waals surface area contributed by atoms with Crippen molar-refractivity contribution < 1.29 is 5.11 Å². The quantitative estimate of drug-likeness (QED) is 0.893. The summed E-state index contributed by atoms with van der Waals surface area (Å²) in [7, 11) is 0. The maximum Gasteiger partial charge on any atom is 0.0914 e. The third-order valence-electron chi connectivity index (χ3n) is 3.87. The van der Waals surface area contributed by atoms with Crippen LogP contribution >= 0.6 is 11.6 Å². The van der Waals surface area contributed by atoms with Gasteiger partial charge in [0.2, 0.25) is 0 Å². The van der Waals surface area contributed by atoms with Crippen LogP contribution in [0.4, 0.5) is 0 Å². The summed E-state index contributed by atoms with van der Waals surface area (Å²) in [4.78, 5) is 0. The van der Waals surface area contributed by atoms with E-state index in [1.54, 1.807) is 12.1 Å². The average molecular weight is 306 g/mol. The molecule has 0 fully saturated rings. The Bertz CT molecular complexity index is 571. The minimum atomic E-state index is -0.528. The summed E-state index contributed by atoms with van der Waals surface area (Å²) in [5.74, 6) is 0. The molecule has 2 heterocycles. The summed E-state index contributed by atoms with van der Waals surface area (Å²) >= 11 is 5.84. The van der Waals surface area contributed by atoms with Crippen LogP contribution in [-0.4, -0.2) is 21.4 Å². The number of hydrogen-bond donors (Lipinski definition) is 2. The van der Waals surface area contributed by atoms with Crippen molar-refractivity contribution in [3.8, 4) is 0 Å². The van der Waals surface area contributed by atoms with E-state index in [1.165, 1.54) is 18.5 Å². The number of rotatable bonds is 5. The van der Waals surface area contributed by atoms with E-state index in [0.717, 1.165) is 24.2 Å². The molecule has 0 radical (unpaired) electrons. The smallest absolute Gasteiger partial charge is 0.0914 e. The first-order chi connectivity index (χ1) is 10.2. The fraction of sp³-hybridized carbons (Fsp3) is 0.438. The molecule has 112 valence electrons. The lowest BCUT2D eigenvalue weighted by atomic mass is 10.1. The van der Waals surface area contributed by atoms with Gasteiger partial charge in [-0.3, -0.25) is 4.68 Å². The molecule has 0 saturated carbocycles. The van der Waals surface area contributed by atoms with E-state index in [9.17, 15) is 5.11 Å². The summed E-state index contributed by atoms with van der Waals surface area (Å²) in [6, 6.07) is 9.46. The minimum Gasteiger partial charge on any atom is -0.387 e. The monoisotopic (exact) mass is 305 g/mol. The molecule has 4 nitrogen and oxygen atoms in total. The van der Waals surface area contributed by atoms with Gasteiger partial charge in [-0.1, -0.05) is 23.7 Å². The Morgan fingerprint density at radius 2 is 2.10 bits per heavy atom. The molecule has 3 rings (SSSR count). The maximum absolute atomic E-state index is 10.1. The summed E-state index contributed by atoms with van der Waals surface area (Å²) < 4.78 is 2.11. The Morgan fingerprint density at radius 3 is 2.86 bits per heavy atom. The fourth-order valence-corrected chi connectivity index (χ4v) is 2.83. The van der Waals surface area contributed by atoms with Gasteiger partial charge < -0.3 is 10.4 Å². The van der Waals surface area contributed by atoms with E-state index in [1.807, 2.05) is 12.1 Å². The van der Waals surface area contributed by atoms with Crippen LogP contribution in [0.3, 0.4) is 0 Å². The van der Waals surface area contributed by atoms with Crippen molar-refractivity contribution in [2.75, 3.05) is 6.54 Å². The van der Waals surface area contributed by atoms with Crippen molar-refractivity contribution >= 4 is 11.6 Å². The number of aliphatic hydroxyl groups excluding tert-OH is 1. The van der Waals surface area contributed by atoms with Crippen molar-refractivity contribution in [2.45, 2.75) is 38.5 Å². The number of benzene rings is 1. The molecule has 21 heavy (non-hydrogen) atoms. The molecular formula is C16H20ClN3O. The summed E-state index contributed by atoms with van der Waals surface area (Å²) in [6.07, 6.45) is 3.07. The molecule has 5 heteroatoms. The SMILES string of the molecule is O[C@@H](CNCc1cc2n(n1)CCCC2)c1ccc(Cl)cc1. The Hall–Kier alpha value is -1.36. The van der Waals surface area contributed by atoms with E-state index in [0.29, 0.717) is 18.1 Å². The lowest BCUT2D eigenvalue weighted by molar-refractivity contribution is 0.174. The fourth-order valence-electron chi connectivity index (χ4n) is 2.70. The van der Waals surface area contributed by atoms with Crippen molar-refractivity contribution in [1.29, 1.82) is 0 Å². The molecule has 1 atom stereocenters. The number of nitrogens with zero attached hydrogens (tertiary/aromatic N) is 2. The van der Waals surface area contributed by atoms with Gasteiger partial charge in [-0.05, 0) is 43.0 Å². The molecule has 1 aliphatic heterocycles. The van der Waals surface area contributed by atoms with Crippen LogP contribution in [0.25, 0.3) is 0 Å². The number of hydrogen-bond acceptors (Lipinski definition) is 3. The Kier molecular flexibility index (Phi) is 4.58. The summed E-state index contributed by atoms with van der Waals surface area (Å²) in [5, 5.41) is 18.7. The van der Waals surface area contributed by atoms with Crippen molar-refractivity contribution in [1.82, 2.24) is 15.1 Å². The zero-order chi connectivity index (χ0) is 14.7. The van der Waals surface area contributed by atoms with Crippen LogP contribution in [-0.2, 0) is 19.5 Å². The van der Waals surface area contributed by atoms with Gasteiger partial charge in [0.15, 0.2) is 0 Å². The minimum absolute atomic E-state index is 0.504. The number of aryl methyl sites for hydroxylation is 2. The lowest BCUT2D eigenvalue weighted by Gasteiger charge is -2.12. The topological polar surface area (TPSA) is 50.1 Å². The molecule has 0 unspecified atom stereocenters. The maximum atomic E-state index is 10.1. The molecule has 0 spiro atoms. The van der Waals surface area contributed by atoms with Crippen LogP contribution in [0, 0.1) is 0 Å². The van der Waals surface area contributed by atoms with Crippen LogP contribution in [0.15, 0.2) is 30.3 Å². The van der Waals surface area contributed by atoms with Crippen molar-refractivity contribution in [2.24, 2.45) is 0 Å². The molecule has 1 aliphatic rings. The lowest BCUT2D eigenvalue weighted by Crippen LogP contribution is -2.21. The number of fused-ring (bicyclic) bond motifs is 1. The van der Waals surface area contributed by atoms with Gasteiger partial charge >= 0.3 is 0 Å². The van der Waals surface area contributed by atoms with Gasteiger partial charge in [0.25, 0.3) is 0 Å². The van der Waals surface area contributed by atoms with E-state index < -0.39 is 6.10 Å². The molecule has 0 amide bonds. The highest BCUT2D eigenvalue weighted by Crippen LogP contribution is 2.17. The number of halogens is 1. The highest BCUT2D eigenvalue weighted by atomic mass is 35.5. The number of aliphatic hydroxyl groups is 1. The normalized spacial score (nSPS) is 15.7. The molecule has 2 N–H and O–H groups in total. The van der Waals surface area contributed by atoms with Gasteiger partial charge in [-0.2, -0.15) is 5.10 Å². The highest BCUT2D eigenvalue weighted by molar-refractivity contribution is 6.30. The van der Waals surface area contributed by atoms with Crippen LogP contribution in [0.5, 0.6) is 0 Å². The van der Waals surface area contributed by atoms with Crippen LogP contribution in [0.1, 0.15) is 35.9 Å². The molecule has 2 aromatic rings. The first kappa shape index (κ1) is 14.6. The standard InChI is InChI=1S/C16H20ClN3O/c17-13-6-4-12(5-7-13)16(21)11-18-10-14-9-15-3-1-2-8-20(15)19-14/h4-7,9,16,18,21H,1-3,8,10-11H2/t16-/m0/s1. The third kappa shape index (κ3) is 3.64. The van der Waals surface area contributed by atoms with E-state index in [-0.39, 0.29) is 0 Å². The highest BCUT2D eigenvalue weighted by Gasteiger charge is 2.12. The van der Waals surface area contributed by atoms with Gasteiger partial charge in [0, 0.05) is 30.4 Å². The predicted molar refractivity (Wildman–Crippen MR) is 83.3 cm³/mol. The summed E-state index contributed by atoms with van der Waals surface area (Å²) in [5.41, 5.74) is 3.25. The molecule has 0 saturated heterocycles. The van der Waals surface area contributed by atoms with Crippen LogP contribution < -0.4 is 5.32 Å². The average Bonchev–Trinajstić information content (AvgIpc) is 2.90. The largest absolute Gasteiger partial charge is 0.387 e. The Balaban J connectivity index is 1.51. The van der Waals surface area contributed by atoms with Gasteiger partial charge in [-0.15, -0.1) is 0 Å². The Morgan fingerprint density at radius 1 is 1.29 bits per heavy atom. The molecule has 0 bridgehead atoms. The predicted octanol–water partition coefficient (Wildman–Crippen LogP) is 2.70. The Labute approximate surface area is 129 Å². The van der Waals surface area contributed by atoms with Gasteiger partial charge in [-0.25, -0.2) is 0 Å². The van der Waals surface area contributed by atoms with E-state index in [4.69, 9.17) is 11.6 Å². The second kappa shape index (κ2) is 6.60. The second-order valence-electron chi connectivity index (χ2n) is 5.51. The van der Waals surface area contributed by atoms with Gasteiger partial charge in [0.05, 0.1) is 11.8 Å². The molecule has 1 aromatic heterocycles. The number of aromatic nitrogens is 2. The van der Waals surface area contributed by atoms with Crippen molar-refractivity contribution in [3.63, 3.8) is 0 Å². The molecule has 1 aromatic carbocycles. The van der Waals surface area contributed by atoms with E-state index in [2.05, 4.69) is 21.2 Å². The zero-order valence-corrected chi connectivity index (χ0v) is 12.7. The van der Waals surface area contributed by atoms with E-state index >= 15 is 0 Å². The molecule has 0 aliphatic carbocycles. The zero-order valence-electron chi connectivity index (χ0n) is 11.9. The first-order valence-corrected chi connectivity index (χ1v) is 7.80. The summed E-state index contributed by atoms with van der Waals surface area (Å²) in [6.45, 7) is 2.22. The van der Waals surface area contributed by atoms with Crippen LogP contribution in [0.2, 0.25) is 5.02 Å². The molecular weight excluding hydrogens is 286 g/mol.